The molecule has 14 heavy (non-hydrogen) atoms. The molecule has 1 saturated heterocycles. The van der Waals surface area contributed by atoms with Crippen LogP contribution in [0.4, 0.5) is 5.82 Å². The molecule has 2 rings (SSSR count). The van der Waals surface area contributed by atoms with Crippen molar-refractivity contribution in [3.8, 4) is 0 Å². The largest absolute Gasteiger partial charge is 0.356 e. The summed E-state index contributed by atoms with van der Waals surface area (Å²) < 4.78 is 0. The summed E-state index contributed by atoms with van der Waals surface area (Å²) in [7, 11) is 0. The van der Waals surface area contributed by atoms with E-state index in [1.807, 2.05) is 18.2 Å². The van der Waals surface area contributed by atoms with Gasteiger partial charge in [0.2, 0.25) is 0 Å². The SMILES string of the molecule is C[C@@H]1CCCN(c2cccc(Cl)n2)C1. The first-order valence-electron chi connectivity index (χ1n) is 5.13. The topological polar surface area (TPSA) is 16.1 Å². The fourth-order valence-electron chi connectivity index (χ4n) is 1.97. The van der Waals surface area contributed by atoms with Crippen LogP contribution in [0, 0.1) is 5.92 Å². The van der Waals surface area contributed by atoms with Gasteiger partial charge in [-0.3, -0.25) is 0 Å². The Morgan fingerprint density at radius 1 is 1.50 bits per heavy atom. The Morgan fingerprint density at radius 2 is 2.36 bits per heavy atom. The highest BCUT2D eigenvalue weighted by Gasteiger charge is 2.17. The number of rotatable bonds is 1. The van der Waals surface area contributed by atoms with E-state index < -0.39 is 0 Å². The minimum atomic E-state index is 0.584. The van der Waals surface area contributed by atoms with Crippen molar-refractivity contribution < 1.29 is 0 Å². The van der Waals surface area contributed by atoms with Crippen LogP contribution in [0.15, 0.2) is 18.2 Å². The predicted molar refractivity (Wildman–Crippen MR) is 59.9 cm³/mol. The first-order valence-corrected chi connectivity index (χ1v) is 5.51. The second-order valence-corrected chi connectivity index (χ2v) is 4.40. The van der Waals surface area contributed by atoms with Crippen LogP contribution in [0.5, 0.6) is 0 Å². The number of halogens is 1. The van der Waals surface area contributed by atoms with Crippen molar-refractivity contribution in [1.82, 2.24) is 4.98 Å². The number of anilines is 1. The zero-order valence-electron chi connectivity index (χ0n) is 8.41. The molecule has 3 heteroatoms. The smallest absolute Gasteiger partial charge is 0.131 e. The Hall–Kier alpha value is -0.760. The number of hydrogen-bond acceptors (Lipinski definition) is 2. The number of pyridine rings is 1. The normalized spacial score (nSPS) is 22.4. The van der Waals surface area contributed by atoms with Crippen LogP contribution in [0.3, 0.4) is 0 Å². The summed E-state index contributed by atoms with van der Waals surface area (Å²) in [5, 5.41) is 0.584. The monoisotopic (exact) mass is 210 g/mol. The van der Waals surface area contributed by atoms with Crippen LogP contribution >= 0.6 is 11.6 Å². The summed E-state index contributed by atoms with van der Waals surface area (Å²) in [6.07, 6.45) is 2.59. The first-order chi connectivity index (χ1) is 6.75. The van der Waals surface area contributed by atoms with Crippen LogP contribution in [0.25, 0.3) is 0 Å². The minimum absolute atomic E-state index is 0.584. The molecule has 1 atom stereocenters. The van der Waals surface area contributed by atoms with Crippen molar-refractivity contribution in [2.45, 2.75) is 19.8 Å². The van der Waals surface area contributed by atoms with E-state index >= 15 is 0 Å². The van der Waals surface area contributed by atoms with E-state index in [4.69, 9.17) is 11.6 Å². The van der Waals surface area contributed by atoms with E-state index in [1.165, 1.54) is 12.8 Å². The Kier molecular flexibility index (Phi) is 2.92. The Labute approximate surface area is 89.9 Å². The van der Waals surface area contributed by atoms with Gasteiger partial charge in [-0.25, -0.2) is 4.98 Å². The molecular weight excluding hydrogens is 196 g/mol. The molecule has 1 aromatic heterocycles. The Morgan fingerprint density at radius 3 is 3.07 bits per heavy atom. The third-order valence-corrected chi connectivity index (χ3v) is 2.89. The van der Waals surface area contributed by atoms with Crippen molar-refractivity contribution in [2.75, 3.05) is 18.0 Å². The molecule has 1 aliphatic heterocycles. The molecule has 0 bridgehead atoms. The number of nitrogens with zero attached hydrogens (tertiary/aromatic N) is 2. The van der Waals surface area contributed by atoms with E-state index in [9.17, 15) is 0 Å². The van der Waals surface area contributed by atoms with Crippen LogP contribution < -0.4 is 4.90 Å². The van der Waals surface area contributed by atoms with E-state index in [2.05, 4.69) is 16.8 Å². The highest BCUT2D eigenvalue weighted by Crippen LogP contribution is 2.22. The van der Waals surface area contributed by atoms with Gasteiger partial charge in [-0.15, -0.1) is 0 Å². The lowest BCUT2D eigenvalue weighted by Gasteiger charge is -2.31. The summed E-state index contributed by atoms with van der Waals surface area (Å²) >= 11 is 5.86. The minimum Gasteiger partial charge on any atom is -0.356 e. The van der Waals surface area contributed by atoms with Crippen LogP contribution in [0.1, 0.15) is 19.8 Å². The number of hydrogen-bond donors (Lipinski definition) is 0. The quantitative estimate of drug-likeness (QED) is 0.663. The van der Waals surface area contributed by atoms with Gasteiger partial charge < -0.3 is 4.90 Å². The molecule has 0 radical (unpaired) electrons. The average Bonchev–Trinajstić information content (AvgIpc) is 2.18. The average molecular weight is 211 g/mol. The van der Waals surface area contributed by atoms with Gasteiger partial charge >= 0.3 is 0 Å². The van der Waals surface area contributed by atoms with Crippen LogP contribution in [-0.2, 0) is 0 Å². The maximum Gasteiger partial charge on any atom is 0.131 e. The van der Waals surface area contributed by atoms with Crippen molar-refractivity contribution in [1.29, 1.82) is 0 Å². The third kappa shape index (κ3) is 2.18. The van der Waals surface area contributed by atoms with Gasteiger partial charge in [0.05, 0.1) is 0 Å². The molecule has 0 amide bonds. The summed E-state index contributed by atoms with van der Waals surface area (Å²) in [6.45, 7) is 4.50. The van der Waals surface area contributed by atoms with E-state index in [-0.39, 0.29) is 0 Å². The molecule has 1 aliphatic rings. The second kappa shape index (κ2) is 4.18. The van der Waals surface area contributed by atoms with Crippen molar-refractivity contribution in [3.05, 3.63) is 23.4 Å². The maximum absolute atomic E-state index is 5.86. The lowest BCUT2D eigenvalue weighted by molar-refractivity contribution is 0.444. The van der Waals surface area contributed by atoms with E-state index in [0.717, 1.165) is 24.8 Å². The highest BCUT2D eigenvalue weighted by atomic mass is 35.5. The Balaban J connectivity index is 2.14. The zero-order valence-corrected chi connectivity index (χ0v) is 9.17. The van der Waals surface area contributed by atoms with Crippen LogP contribution in [0.2, 0.25) is 5.15 Å². The molecule has 0 spiro atoms. The van der Waals surface area contributed by atoms with Gasteiger partial charge in [-0.05, 0) is 30.9 Å². The van der Waals surface area contributed by atoms with Crippen molar-refractivity contribution >= 4 is 17.4 Å². The summed E-state index contributed by atoms with van der Waals surface area (Å²) in [5.74, 6) is 1.79. The summed E-state index contributed by atoms with van der Waals surface area (Å²) in [5.41, 5.74) is 0. The standard InChI is InChI=1S/C11H15ClN2/c1-9-4-3-7-14(8-9)11-6-2-5-10(12)13-11/h2,5-6,9H,3-4,7-8H2,1H3/t9-/m1/s1. The van der Waals surface area contributed by atoms with Crippen molar-refractivity contribution in [2.24, 2.45) is 5.92 Å². The van der Waals surface area contributed by atoms with E-state index in [0.29, 0.717) is 5.15 Å². The lowest BCUT2D eigenvalue weighted by Crippen LogP contribution is -2.34. The maximum atomic E-state index is 5.86. The fourth-order valence-corrected chi connectivity index (χ4v) is 2.13. The third-order valence-electron chi connectivity index (χ3n) is 2.68. The first kappa shape index (κ1) is 9.78. The molecule has 1 fully saturated rings. The zero-order chi connectivity index (χ0) is 9.97. The molecule has 2 heterocycles. The number of aromatic nitrogens is 1. The van der Waals surface area contributed by atoms with Gasteiger partial charge in [0.15, 0.2) is 0 Å². The molecular formula is C11H15ClN2. The molecule has 0 aliphatic carbocycles. The second-order valence-electron chi connectivity index (χ2n) is 4.01. The number of piperidine rings is 1. The molecule has 0 N–H and O–H groups in total. The van der Waals surface area contributed by atoms with Gasteiger partial charge in [-0.2, -0.15) is 0 Å². The molecule has 1 aromatic rings. The summed E-state index contributed by atoms with van der Waals surface area (Å²) in [4.78, 5) is 6.64. The molecule has 2 nitrogen and oxygen atoms in total. The van der Waals surface area contributed by atoms with Gasteiger partial charge in [0, 0.05) is 13.1 Å². The van der Waals surface area contributed by atoms with Crippen LogP contribution in [-0.4, -0.2) is 18.1 Å². The lowest BCUT2D eigenvalue weighted by atomic mass is 10.0. The highest BCUT2D eigenvalue weighted by molar-refractivity contribution is 6.29. The van der Waals surface area contributed by atoms with Gasteiger partial charge in [-0.1, -0.05) is 24.6 Å². The molecule has 0 saturated carbocycles. The fraction of sp³-hybridized carbons (Fsp3) is 0.545. The van der Waals surface area contributed by atoms with Gasteiger partial charge in [0.25, 0.3) is 0 Å². The summed E-state index contributed by atoms with van der Waals surface area (Å²) in [6, 6.07) is 5.81. The van der Waals surface area contributed by atoms with Gasteiger partial charge in [0.1, 0.15) is 11.0 Å². The Bertz CT molecular complexity index is 314. The van der Waals surface area contributed by atoms with Crippen molar-refractivity contribution in [3.63, 3.8) is 0 Å². The molecule has 0 unspecified atom stereocenters. The molecule has 76 valence electrons. The predicted octanol–water partition coefficient (Wildman–Crippen LogP) is 2.97. The molecule has 0 aromatic carbocycles. The van der Waals surface area contributed by atoms with E-state index in [1.54, 1.807) is 0 Å².